The molecule has 1 aromatic carbocycles. The molecule has 1 N–H and O–H groups in total. The maximum atomic E-state index is 10.0. The lowest BCUT2D eigenvalue weighted by molar-refractivity contribution is 0.0604. The first-order chi connectivity index (χ1) is 12.0. The summed E-state index contributed by atoms with van der Waals surface area (Å²) in [5.74, 6) is 1.83. The highest BCUT2D eigenvalue weighted by atomic mass is 16.5. The van der Waals surface area contributed by atoms with Crippen LogP contribution in [0.15, 0.2) is 49.1 Å². The second-order valence-electron chi connectivity index (χ2n) is 7.72. The van der Waals surface area contributed by atoms with E-state index in [-0.39, 0.29) is 12.0 Å². The van der Waals surface area contributed by atoms with Gasteiger partial charge in [0.1, 0.15) is 5.75 Å². The Morgan fingerprint density at radius 2 is 2.08 bits per heavy atom. The van der Waals surface area contributed by atoms with E-state index in [1.165, 1.54) is 11.1 Å². The highest BCUT2D eigenvalue weighted by Crippen LogP contribution is 2.50. The van der Waals surface area contributed by atoms with Crippen LogP contribution in [0.4, 0.5) is 0 Å². The summed E-state index contributed by atoms with van der Waals surface area (Å²) in [6.07, 6.45) is 8.18. The molecule has 0 aliphatic heterocycles. The first-order valence-electron chi connectivity index (χ1n) is 9.65. The standard InChI is InChI=1S/C23H34O2/c1-5-7-15-25-20-10-8-19(9-11-20)22-16-23(17-24,13-6-2)14-12-21(22)18(3)4/h6,8-11,21-22,24H,2-3,5,7,12-17H2,1,4H3/t21-,22-,23-/m0/s1. The Morgan fingerprint density at radius 3 is 2.64 bits per heavy atom. The van der Waals surface area contributed by atoms with Crippen molar-refractivity contribution in [3.63, 3.8) is 0 Å². The van der Waals surface area contributed by atoms with E-state index in [0.29, 0.717) is 11.8 Å². The Bertz CT molecular complexity index is 560. The third kappa shape index (κ3) is 4.98. The van der Waals surface area contributed by atoms with Gasteiger partial charge in [-0.25, -0.2) is 0 Å². The molecule has 1 aromatic rings. The van der Waals surface area contributed by atoms with Crippen LogP contribution in [0.1, 0.15) is 63.9 Å². The van der Waals surface area contributed by atoms with E-state index in [1.807, 2.05) is 6.08 Å². The zero-order valence-electron chi connectivity index (χ0n) is 16.0. The topological polar surface area (TPSA) is 29.5 Å². The van der Waals surface area contributed by atoms with Crippen LogP contribution in [0.25, 0.3) is 0 Å². The Labute approximate surface area is 153 Å². The highest BCUT2D eigenvalue weighted by molar-refractivity contribution is 5.32. The van der Waals surface area contributed by atoms with Crippen molar-refractivity contribution in [1.82, 2.24) is 0 Å². The molecule has 2 heteroatoms. The molecule has 138 valence electrons. The molecule has 0 amide bonds. The summed E-state index contributed by atoms with van der Waals surface area (Å²) in [6.45, 7) is 13.5. The Kier molecular flexibility index (Phi) is 7.31. The van der Waals surface area contributed by atoms with Gasteiger partial charge in [-0.3, -0.25) is 0 Å². The predicted molar refractivity (Wildman–Crippen MR) is 106 cm³/mol. The van der Waals surface area contributed by atoms with Crippen molar-refractivity contribution in [3.8, 4) is 5.75 Å². The van der Waals surface area contributed by atoms with E-state index in [1.54, 1.807) is 0 Å². The molecule has 25 heavy (non-hydrogen) atoms. The fourth-order valence-electron chi connectivity index (χ4n) is 4.16. The summed E-state index contributed by atoms with van der Waals surface area (Å²) >= 11 is 0. The average Bonchev–Trinajstić information content (AvgIpc) is 2.62. The summed E-state index contributed by atoms with van der Waals surface area (Å²) in [5.41, 5.74) is 2.55. The van der Waals surface area contributed by atoms with Gasteiger partial charge < -0.3 is 9.84 Å². The van der Waals surface area contributed by atoms with Gasteiger partial charge in [0.2, 0.25) is 0 Å². The molecule has 0 unspecified atom stereocenters. The van der Waals surface area contributed by atoms with Crippen molar-refractivity contribution >= 4 is 0 Å². The van der Waals surface area contributed by atoms with E-state index < -0.39 is 0 Å². The van der Waals surface area contributed by atoms with E-state index in [0.717, 1.165) is 50.9 Å². The molecule has 2 nitrogen and oxygen atoms in total. The van der Waals surface area contributed by atoms with Gasteiger partial charge in [0.25, 0.3) is 0 Å². The molecule has 0 bridgehead atoms. The minimum Gasteiger partial charge on any atom is -0.494 e. The summed E-state index contributed by atoms with van der Waals surface area (Å²) in [7, 11) is 0. The number of allylic oxidation sites excluding steroid dienone is 2. The number of aliphatic hydroxyl groups is 1. The quantitative estimate of drug-likeness (QED) is 0.448. The molecule has 0 aromatic heterocycles. The van der Waals surface area contributed by atoms with Crippen LogP contribution in [0, 0.1) is 11.3 Å². The van der Waals surface area contributed by atoms with Gasteiger partial charge in [-0.05, 0) is 74.0 Å². The molecule has 1 aliphatic rings. The lowest BCUT2D eigenvalue weighted by Crippen LogP contribution is -2.35. The van der Waals surface area contributed by atoms with Crippen LogP contribution in [0.2, 0.25) is 0 Å². The van der Waals surface area contributed by atoms with Crippen molar-refractivity contribution in [2.24, 2.45) is 11.3 Å². The van der Waals surface area contributed by atoms with Crippen molar-refractivity contribution in [1.29, 1.82) is 0 Å². The molecule has 0 radical (unpaired) electrons. The maximum absolute atomic E-state index is 10.0. The molecular formula is C23H34O2. The molecule has 1 aliphatic carbocycles. The number of ether oxygens (including phenoxy) is 1. The molecule has 0 heterocycles. The van der Waals surface area contributed by atoms with E-state index in [9.17, 15) is 5.11 Å². The van der Waals surface area contributed by atoms with E-state index in [2.05, 4.69) is 51.3 Å². The number of hydrogen-bond donors (Lipinski definition) is 1. The molecule has 0 spiro atoms. The van der Waals surface area contributed by atoms with Crippen LogP contribution in [0.3, 0.4) is 0 Å². The average molecular weight is 343 g/mol. The summed E-state index contributed by atoms with van der Waals surface area (Å²) < 4.78 is 5.79. The second-order valence-corrected chi connectivity index (χ2v) is 7.72. The van der Waals surface area contributed by atoms with E-state index >= 15 is 0 Å². The predicted octanol–water partition coefficient (Wildman–Crippen LogP) is 5.88. The fourth-order valence-corrected chi connectivity index (χ4v) is 4.16. The first-order valence-corrected chi connectivity index (χ1v) is 9.65. The zero-order chi connectivity index (χ0) is 18.3. The fraction of sp³-hybridized carbons (Fsp3) is 0.565. The van der Waals surface area contributed by atoms with Crippen molar-refractivity contribution in [3.05, 3.63) is 54.6 Å². The number of hydrogen-bond acceptors (Lipinski definition) is 2. The Hall–Kier alpha value is -1.54. The minimum atomic E-state index is -0.0331. The smallest absolute Gasteiger partial charge is 0.119 e. The third-order valence-corrected chi connectivity index (χ3v) is 5.74. The van der Waals surface area contributed by atoms with Crippen molar-refractivity contribution in [2.45, 2.75) is 58.3 Å². The number of rotatable bonds is 9. The van der Waals surface area contributed by atoms with Crippen molar-refractivity contribution in [2.75, 3.05) is 13.2 Å². The molecular weight excluding hydrogens is 308 g/mol. The van der Waals surface area contributed by atoms with Gasteiger partial charge in [0.15, 0.2) is 0 Å². The van der Waals surface area contributed by atoms with Gasteiger partial charge in [-0.1, -0.05) is 43.7 Å². The van der Waals surface area contributed by atoms with Crippen LogP contribution < -0.4 is 4.74 Å². The molecule has 3 atom stereocenters. The summed E-state index contributed by atoms with van der Waals surface area (Å²) in [4.78, 5) is 0. The van der Waals surface area contributed by atoms with Gasteiger partial charge >= 0.3 is 0 Å². The van der Waals surface area contributed by atoms with Crippen molar-refractivity contribution < 1.29 is 9.84 Å². The molecule has 0 saturated heterocycles. The van der Waals surface area contributed by atoms with Crippen LogP contribution >= 0.6 is 0 Å². The normalized spacial score (nSPS) is 26.2. The van der Waals surface area contributed by atoms with Crippen LogP contribution in [-0.4, -0.2) is 18.3 Å². The number of benzene rings is 1. The monoisotopic (exact) mass is 342 g/mol. The SMILES string of the molecule is C=CC[C@]1(CO)CC[C@@H](C(=C)C)[C@H](c2ccc(OCCCC)cc2)C1. The summed E-state index contributed by atoms with van der Waals surface area (Å²) in [5, 5.41) is 10.0. The summed E-state index contributed by atoms with van der Waals surface area (Å²) in [6, 6.07) is 8.57. The molecule has 1 fully saturated rings. The molecule has 1 saturated carbocycles. The van der Waals surface area contributed by atoms with Gasteiger partial charge in [0.05, 0.1) is 6.61 Å². The van der Waals surface area contributed by atoms with Gasteiger partial charge in [-0.15, -0.1) is 6.58 Å². The number of aliphatic hydroxyl groups excluding tert-OH is 1. The highest BCUT2D eigenvalue weighted by Gasteiger charge is 2.40. The van der Waals surface area contributed by atoms with Gasteiger partial charge in [-0.2, -0.15) is 0 Å². The Balaban J connectivity index is 2.18. The minimum absolute atomic E-state index is 0.0331. The largest absolute Gasteiger partial charge is 0.494 e. The van der Waals surface area contributed by atoms with Gasteiger partial charge in [0, 0.05) is 6.61 Å². The zero-order valence-corrected chi connectivity index (χ0v) is 16.0. The molecule has 2 rings (SSSR count). The van der Waals surface area contributed by atoms with E-state index in [4.69, 9.17) is 4.74 Å². The first kappa shape index (κ1) is 19.8. The lowest BCUT2D eigenvalue weighted by Gasteiger charge is -2.44. The van der Waals surface area contributed by atoms with Crippen LogP contribution in [0.5, 0.6) is 5.75 Å². The third-order valence-electron chi connectivity index (χ3n) is 5.74. The Morgan fingerprint density at radius 1 is 1.36 bits per heavy atom. The lowest BCUT2D eigenvalue weighted by atomic mass is 9.61. The second kappa shape index (κ2) is 9.24. The maximum Gasteiger partial charge on any atom is 0.119 e. The number of unbranched alkanes of at least 4 members (excludes halogenated alkanes) is 1. The van der Waals surface area contributed by atoms with Crippen LogP contribution in [-0.2, 0) is 0 Å².